The number of hydrogen-bond acceptors (Lipinski definition) is 4. The van der Waals surface area contributed by atoms with Gasteiger partial charge in [0.15, 0.2) is 0 Å². The second-order valence-electron chi connectivity index (χ2n) is 5.87. The van der Waals surface area contributed by atoms with Crippen LogP contribution in [0.4, 0.5) is 8.78 Å². The number of nitrogens with one attached hydrogen (secondary N) is 1. The zero-order valence-electron chi connectivity index (χ0n) is 14.9. The Morgan fingerprint density at radius 3 is 2.46 bits per heavy atom. The van der Waals surface area contributed by atoms with Crippen LogP contribution in [0.3, 0.4) is 0 Å². The number of rotatable bonds is 8. The van der Waals surface area contributed by atoms with Gasteiger partial charge in [-0.3, -0.25) is 4.79 Å². The molecule has 0 spiro atoms. The maximum atomic E-state index is 12.4. The first kappa shape index (κ1) is 20.2. The summed E-state index contributed by atoms with van der Waals surface area (Å²) in [5.74, 6) is -1.96. The van der Waals surface area contributed by atoms with Crippen LogP contribution in [0.25, 0.3) is 0 Å². The summed E-state index contributed by atoms with van der Waals surface area (Å²) in [6.07, 6.45) is 0. The van der Waals surface area contributed by atoms with E-state index in [4.69, 9.17) is 4.74 Å². The van der Waals surface area contributed by atoms with Crippen molar-refractivity contribution in [2.45, 2.75) is 16.7 Å². The van der Waals surface area contributed by atoms with Crippen LogP contribution < -0.4 is 10.1 Å². The molecule has 0 saturated heterocycles. The predicted molar refractivity (Wildman–Crippen MR) is 100 cm³/mol. The number of ether oxygens (including phenoxy) is 1. The SMILES string of the molecule is COc1cccc([C@H](CNC(=O)c2ccc(SC(F)F)cc2)N(C)C)c1. The topological polar surface area (TPSA) is 41.6 Å². The number of amides is 1. The molecule has 0 aliphatic carbocycles. The van der Waals surface area contributed by atoms with Gasteiger partial charge in [0.25, 0.3) is 11.7 Å². The highest BCUT2D eigenvalue weighted by molar-refractivity contribution is 7.99. The van der Waals surface area contributed by atoms with Gasteiger partial charge in [0.2, 0.25) is 0 Å². The summed E-state index contributed by atoms with van der Waals surface area (Å²) in [6, 6.07) is 13.8. The number of alkyl halides is 2. The lowest BCUT2D eigenvalue weighted by atomic mass is 10.1. The fraction of sp³-hybridized carbons (Fsp3) is 0.316. The minimum Gasteiger partial charge on any atom is -0.497 e. The lowest BCUT2D eigenvalue weighted by Crippen LogP contribution is -2.34. The van der Waals surface area contributed by atoms with Crippen LogP contribution >= 0.6 is 11.8 Å². The normalized spacial score (nSPS) is 12.3. The lowest BCUT2D eigenvalue weighted by Gasteiger charge is -2.25. The standard InChI is InChI=1S/C19H22F2N2O2S/c1-23(2)17(14-5-4-6-15(11-14)25-3)12-22-18(24)13-7-9-16(10-8-13)26-19(20)21/h4-11,17,19H,12H2,1-3H3,(H,22,24)/t17-/m0/s1. The van der Waals surface area contributed by atoms with Crippen LogP contribution in [0.2, 0.25) is 0 Å². The Morgan fingerprint density at radius 1 is 1.19 bits per heavy atom. The number of thioether (sulfide) groups is 1. The highest BCUT2D eigenvalue weighted by Crippen LogP contribution is 2.25. The summed E-state index contributed by atoms with van der Waals surface area (Å²) >= 11 is 0.458. The average molecular weight is 380 g/mol. The van der Waals surface area contributed by atoms with Crippen LogP contribution in [0, 0.1) is 0 Å². The average Bonchev–Trinajstić information content (AvgIpc) is 2.61. The van der Waals surface area contributed by atoms with Crippen LogP contribution in [0.5, 0.6) is 5.75 Å². The van der Waals surface area contributed by atoms with Crippen molar-refractivity contribution in [2.75, 3.05) is 27.7 Å². The first-order chi connectivity index (χ1) is 12.4. The molecule has 0 bridgehead atoms. The summed E-state index contributed by atoms with van der Waals surface area (Å²) < 4.78 is 30.0. The number of benzene rings is 2. The highest BCUT2D eigenvalue weighted by atomic mass is 32.2. The van der Waals surface area contributed by atoms with E-state index in [1.165, 1.54) is 12.1 Å². The molecule has 4 nitrogen and oxygen atoms in total. The third kappa shape index (κ3) is 5.71. The maximum absolute atomic E-state index is 12.4. The second-order valence-corrected chi connectivity index (χ2v) is 6.93. The van der Waals surface area contributed by atoms with E-state index in [1.807, 2.05) is 43.3 Å². The van der Waals surface area contributed by atoms with Crippen LogP contribution in [0.1, 0.15) is 22.0 Å². The van der Waals surface area contributed by atoms with Crippen LogP contribution in [-0.2, 0) is 0 Å². The van der Waals surface area contributed by atoms with Gasteiger partial charge in [-0.1, -0.05) is 23.9 Å². The van der Waals surface area contributed by atoms with Crippen LogP contribution in [-0.4, -0.2) is 44.3 Å². The summed E-state index contributed by atoms with van der Waals surface area (Å²) in [5.41, 5.74) is 1.46. The molecule has 0 unspecified atom stereocenters. The minimum atomic E-state index is -2.47. The van der Waals surface area contributed by atoms with Gasteiger partial charge in [-0.2, -0.15) is 8.78 Å². The summed E-state index contributed by atoms with van der Waals surface area (Å²) in [4.78, 5) is 14.8. The number of carbonyl (C=O) groups is 1. The van der Waals surface area contributed by atoms with Crippen molar-refractivity contribution in [3.63, 3.8) is 0 Å². The van der Waals surface area contributed by atoms with E-state index in [2.05, 4.69) is 5.32 Å². The predicted octanol–water partition coefficient (Wildman–Crippen LogP) is 4.04. The van der Waals surface area contributed by atoms with Gasteiger partial charge < -0.3 is 15.0 Å². The Bertz CT molecular complexity index is 724. The monoisotopic (exact) mass is 380 g/mol. The molecule has 2 rings (SSSR count). The molecule has 2 aromatic carbocycles. The van der Waals surface area contributed by atoms with Gasteiger partial charge in [-0.05, 0) is 56.1 Å². The lowest BCUT2D eigenvalue weighted by molar-refractivity contribution is 0.0942. The van der Waals surface area contributed by atoms with Crippen molar-refractivity contribution in [3.05, 3.63) is 59.7 Å². The van der Waals surface area contributed by atoms with Crippen molar-refractivity contribution in [1.29, 1.82) is 0 Å². The number of methoxy groups -OCH3 is 1. The molecule has 7 heteroatoms. The number of nitrogens with zero attached hydrogens (tertiary/aromatic N) is 1. The molecular formula is C19H22F2N2O2S. The largest absolute Gasteiger partial charge is 0.497 e. The molecule has 0 radical (unpaired) electrons. The molecule has 0 saturated carbocycles. The summed E-state index contributed by atoms with van der Waals surface area (Å²) in [5, 5.41) is 2.90. The van der Waals surface area contributed by atoms with E-state index in [9.17, 15) is 13.6 Å². The van der Waals surface area contributed by atoms with Gasteiger partial charge in [0.1, 0.15) is 5.75 Å². The van der Waals surface area contributed by atoms with Crippen molar-refractivity contribution in [1.82, 2.24) is 10.2 Å². The molecule has 1 atom stereocenters. The van der Waals surface area contributed by atoms with E-state index < -0.39 is 5.76 Å². The van der Waals surface area contributed by atoms with Crippen molar-refractivity contribution < 1.29 is 18.3 Å². The first-order valence-corrected chi connectivity index (χ1v) is 8.92. The fourth-order valence-corrected chi connectivity index (χ4v) is 3.03. The second kappa shape index (κ2) is 9.54. The molecule has 2 aromatic rings. The number of hydrogen-bond donors (Lipinski definition) is 1. The molecular weight excluding hydrogens is 358 g/mol. The van der Waals surface area contributed by atoms with Gasteiger partial charge >= 0.3 is 0 Å². The van der Waals surface area contributed by atoms with Gasteiger partial charge in [-0.15, -0.1) is 0 Å². The number of halogens is 2. The Morgan fingerprint density at radius 2 is 1.88 bits per heavy atom. The van der Waals surface area contributed by atoms with Crippen molar-refractivity contribution in [2.24, 2.45) is 0 Å². The Balaban J connectivity index is 2.03. The highest BCUT2D eigenvalue weighted by Gasteiger charge is 2.17. The van der Waals surface area contributed by atoms with E-state index in [0.29, 0.717) is 28.8 Å². The maximum Gasteiger partial charge on any atom is 0.288 e. The molecule has 1 amide bonds. The number of likely N-dealkylation sites (N-methyl/N-ethyl adjacent to an activating group) is 1. The molecule has 0 heterocycles. The molecule has 140 valence electrons. The van der Waals surface area contributed by atoms with Crippen molar-refractivity contribution >= 4 is 17.7 Å². The number of carbonyl (C=O) groups excluding carboxylic acids is 1. The Kier molecular flexibility index (Phi) is 7.41. The Labute approximate surface area is 156 Å². The van der Waals surface area contributed by atoms with E-state index >= 15 is 0 Å². The summed E-state index contributed by atoms with van der Waals surface area (Å²) in [6.45, 7) is 0.409. The van der Waals surface area contributed by atoms with E-state index in [1.54, 1.807) is 19.2 Å². The van der Waals surface area contributed by atoms with E-state index in [0.717, 1.165) is 11.3 Å². The van der Waals surface area contributed by atoms with E-state index in [-0.39, 0.29) is 11.9 Å². The van der Waals surface area contributed by atoms with Gasteiger partial charge in [-0.25, -0.2) is 0 Å². The zero-order valence-corrected chi connectivity index (χ0v) is 15.7. The molecule has 0 aliphatic heterocycles. The molecule has 26 heavy (non-hydrogen) atoms. The quantitative estimate of drug-likeness (QED) is 0.702. The fourth-order valence-electron chi connectivity index (χ4n) is 2.53. The van der Waals surface area contributed by atoms with Gasteiger partial charge in [0.05, 0.1) is 13.2 Å². The Hall–Kier alpha value is -2.12. The van der Waals surface area contributed by atoms with Crippen molar-refractivity contribution in [3.8, 4) is 5.75 Å². The molecule has 1 N–H and O–H groups in total. The first-order valence-electron chi connectivity index (χ1n) is 8.04. The molecule has 0 fully saturated rings. The third-order valence-corrected chi connectivity index (χ3v) is 4.62. The smallest absolute Gasteiger partial charge is 0.288 e. The summed E-state index contributed by atoms with van der Waals surface area (Å²) in [7, 11) is 5.49. The minimum absolute atomic E-state index is 0.0253. The van der Waals surface area contributed by atoms with Crippen LogP contribution in [0.15, 0.2) is 53.4 Å². The third-order valence-electron chi connectivity index (χ3n) is 3.90. The molecule has 0 aromatic heterocycles. The zero-order chi connectivity index (χ0) is 19.1. The molecule has 0 aliphatic rings. The van der Waals surface area contributed by atoms with Gasteiger partial charge in [0, 0.05) is 17.0 Å².